The SMILES string of the molecule is O=C(O)[C@]1(Cc2ccc(Br)cc2)N=C(c2ccc(OCCCO)cc2)O[C@@H]1c1ccccc1Br. The predicted octanol–water partition coefficient (Wildman–Crippen LogP) is 5.56. The molecule has 1 heterocycles. The van der Waals surface area contributed by atoms with Gasteiger partial charge in [0.2, 0.25) is 11.4 Å². The molecule has 0 amide bonds. The summed E-state index contributed by atoms with van der Waals surface area (Å²) in [6, 6.07) is 22.1. The molecule has 3 aromatic carbocycles. The molecular formula is C26H23Br2NO5. The van der Waals surface area contributed by atoms with Crippen molar-refractivity contribution in [1.82, 2.24) is 0 Å². The number of halogens is 2. The molecule has 0 aliphatic carbocycles. The van der Waals surface area contributed by atoms with Gasteiger partial charge in [0.25, 0.3) is 0 Å². The summed E-state index contributed by atoms with van der Waals surface area (Å²) in [6.45, 7) is 0.474. The van der Waals surface area contributed by atoms with Crippen LogP contribution in [0.3, 0.4) is 0 Å². The zero-order valence-electron chi connectivity index (χ0n) is 18.2. The van der Waals surface area contributed by atoms with Gasteiger partial charge in [0.1, 0.15) is 5.75 Å². The van der Waals surface area contributed by atoms with Gasteiger partial charge in [-0.25, -0.2) is 9.79 Å². The normalized spacial score (nSPS) is 19.4. The van der Waals surface area contributed by atoms with Crippen molar-refractivity contribution in [3.63, 3.8) is 0 Å². The van der Waals surface area contributed by atoms with Gasteiger partial charge in [0.15, 0.2) is 6.10 Å². The van der Waals surface area contributed by atoms with Crippen LogP contribution < -0.4 is 4.74 Å². The van der Waals surface area contributed by atoms with E-state index in [1.807, 2.05) is 48.5 Å². The minimum atomic E-state index is -1.55. The molecular weight excluding hydrogens is 566 g/mol. The third kappa shape index (κ3) is 5.19. The van der Waals surface area contributed by atoms with Crippen LogP contribution in [0.25, 0.3) is 0 Å². The summed E-state index contributed by atoms with van der Waals surface area (Å²) in [6.07, 6.45) is -0.129. The summed E-state index contributed by atoms with van der Waals surface area (Å²) in [5.74, 6) is -0.144. The molecule has 0 aromatic heterocycles. The number of nitrogens with zero attached hydrogens (tertiary/aromatic N) is 1. The van der Waals surface area contributed by atoms with Gasteiger partial charge in [-0.05, 0) is 48.0 Å². The molecule has 0 bridgehead atoms. The second-order valence-electron chi connectivity index (χ2n) is 7.92. The van der Waals surface area contributed by atoms with E-state index in [-0.39, 0.29) is 18.9 Å². The highest BCUT2D eigenvalue weighted by Crippen LogP contribution is 2.44. The quantitative estimate of drug-likeness (QED) is 0.320. The van der Waals surface area contributed by atoms with Crippen LogP contribution in [0.5, 0.6) is 5.75 Å². The minimum Gasteiger partial charge on any atom is -0.494 e. The number of aliphatic hydroxyl groups is 1. The van der Waals surface area contributed by atoms with Crippen LogP contribution in [-0.2, 0) is 16.0 Å². The van der Waals surface area contributed by atoms with Crippen LogP contribution in [0, 0.1) is 0 Å². The largest absolute Gasteiger partial charge is 0.494 e. The van der Waals surface area contributed by atoms with E-state index < -0.39 is 17.6 Å². The van der Waals surface area contributed by atoms with E-state index in [0.29, 0.717) is 29.9 Å². The second kappa shape index (κ2) is 10.7. The number of aliphatic imine (C=N–C) groups is 1. The number of carboxylic acids is 1. The lowest BCUT2D eigenvalue weighted by Crippen LogP contribution is -2.43. The molecule has 176 valence electrons. The first kappa shape index (κ1) is 24.4. The van der Waals surface area contributed by atoms with E-state index in [2.05, 4.69) is 31.9 Å². The van der Waals surface area contributed by atoms with Crippen molar-refractivity contribution in [2.45, 2.75) is 24.5 Å². The number of hydrogen-bond acceptors (Lipinski definition) is 5. The van der Waals surface area contributed by atoms with Crippen LogP contribution in [-0.4, -0.2) is 40.8 Å². The number of ether oxygens (including phenoxy) is 2. The molecule has 1 aliphatic rings. The van der Waals surface area contributed by atoms with Gasteiger partial charge in [0, 0.05) is 39.5 Å². The van der Waals surface area contributed by atoms with Gasteiger partial charge < -0.3 is 19.7 Å². The number of aliphatic carboxylic acids is 1. The van der Waals surface area contributed by atoms with Crippen molar-refractivity contribution in [1.29, 1.82) is 0 Å². The van der Waals surface area contributed by atoms with E-state index in [1.54, 1.807) is 24.3 Å². The summed E-state index contributed by atoms with van der Waals surface area (Å²) < 4.78 is 13.5. The molecule has 0 fully saturated rings. The van der Waals surface area contributed by atoms with Gasteiger partial charge in [-0.1, -0.05) is 62.2 Å². The van der Waals surface area contributed by atoms with E-state index in [4.69, 9.17) is 19.6 Å². The fraction of sp³-hybridized carbons (Fsp3) is 0.231. The van der Waals surface area contributed by atoms with Crippen LogP contribution in [0.15, 0.2) is 86.7 Å². The average molecular weight is 589 g/mol. The molecule has 0 unspecified atom stereocenters. The first-order valence-electron chi connectivity index (χ1n) is 10.8. The van der Waals surface area contributed by atoms with Crippen molar-refractivity contribution in [2.75, 3.05) is 13.2 Å². The van der Waals surface area contributed by atoms with Crippen molar-refractivity contribution in [3.05, 3.63) is 98.4 Å². The molecule has 34 heavy (non-hydrogen) atoms. The summed E-state index contributed by atoms with van der Waals surface area (Å²) in [4.78, 5) is 17.5. The van der Waals surface area contributed by atoms with E-state index in [0.717, 1.165) is 14.5 Å². The lowest BCUT2D eigenvalue weighted by molar-refractivity contribution is -0.146. The summed E-state index contributed by atoms with van der Waals surface area (Å²) in [7, 11) is 0. The maximum Gasteiger partial charge on any atom is 0.336 e. The Kier molecular flexibility index (Phi) is 7.70. The lowest BCUT2D eigenvalue weighted by atomic mass is 9.83. The zero-order chi connectivity index (χ0) is 24.1. The topological polar surface area (TPSA) is 88.4 Å². The molecule has 0 saturated heterocycles. The standard InChI is InChI=1S/C26H23Br2NO5/c27-19-10-6-17(7-11-19)16-26(25(31)32)23(21-4-1-2-5-22(21)28)34-24(29-26)18-8-12-20(13-9-18)33-15-3-14-30/h1-2,4-13,23,30H,3,14-16H2,(H,31,32)/t23-,26-/m1/s1. The molecule has 3 aromatic rings. The number of carboxylic acid groups (broad SMARTS) is 1. The Morgan fingerprint density at radius 3 is 2.38 bits per heavy atom. The highest BCUT2D eigenvalue weighted by Gasteiger charge is 2.54. The highest BCUT2D eigenvalue weighted by atomic mass is 79.9. The Balaban J connectivity index is 1.73. The van der Waals surface area contributed by atoms with Gasteiger partial charge in [-0.3, -0.25) is 0 Å². The Hall–Kier alpha value is -2.68. The highest BCUT2D eigenvalue weighted by molar-refractivity contribution is 9.10. The summed E-state index contributed by atoms with van der Waals surface area (Å²) >= 11 is 6.98. The number of carbonyl (C=O) groups is 1. The number of benzene rings is 3. The molecule has 0 spiro atoms. The molecule has 4 rings (SSSR count). The molecule has 6 nitrogen and oxygen atoms in total. The van der Waals surface area contributed by atoms with Crippen LogP contribution in [0.2, 0.25) is 0 Å². The number of rotatable bonds is 9. The Labute approximate surface area is 214 Å². The summed E-state index contributed by atoms with van der Waals surface area (Å²) in [5.41, 5.74) is 0.655. The second-order valence-corrected chi connectivity index (χ2v) is 9.69. The molecule has 1 aliphatic heterocycles. The average Bonchev–Trinajstić information content (AvgIpc) is 3.22. The number of aliphatic hydroxyl groups excluding tert-OH is 1. The smallest absolute Gasteiger partial charge is 0.336 e. The lowest BCUT2D eigenvalue weighted by Gasteiger charge is -2.28. The maximum absolute atomic E-state index is 12.8. The fourth-order valence-corrected chi connectivity index (χ4v) is 4.60. The third-order valence-electron chi connectivity index (χ3n) is 5.58. The molecule has 2 N–H and O–H groups in total. The van der Waals surface area contributed by atoms with Gasteiger partial charge in [-0.2, -0.15) is 0 Å². The van der Waals surface area contributed by atoms with Crippen molar-refractivity contribution in [3.8, 4) is 5.75 Å². The third-order valence-corrected chi connectivity index (χ3v) is 6.83. The van der Waals surface area contributed by atoms with Crippen LogP contribution in [0.1, 0.15) is 29.2 Å². The first-order chi connectivity index (χ1) is 16.4. The Morgan fingerprint density at radius 2 is 1.74 bits per heavy atom. The van der Waals surface area contributed by atoms with Crippen molar-refractivity contribution >= 4 is 43.7 Å². The van der Waals surface area contributed by atoms with Gasteiger partial charge in [0.05, 0.1) is 6.61 Å². The summed E-state index contributed by atoms with van der Waals surface area (Å²) in [5, 5.41) is 19.4. The Morgan fingerprint density at radius 1 is 1.03 bits per heavy atom. The molecule has 0 saturated carbocycles. The van der Waals surface area contributed by atoms with Gasteiger partial charge >= 0.3 is 5.97 Å². The van der Waals surface area contributed by atoms with E-state index in [9.17, 15) is 9.90 Å². The maximum atomic E-state index is 12.8. The Bertz CT molecular complexity index is 1180. The fourth-order valence-electron chi connectivity index (χ4n) is 3.85. The number of hydrogen-bond donors (Lipinski definition) is 2. The molecule has 8 heteroatoms. The van der Waals surface area contributed by atoms with E-state index >= 15 is 0 Å². The van der Waals surface area contributed by atoms with Gasteiger partial charge in [-0.15, -0.1) is 0 Å². The van der Waals surface area contributed by atoms with Crippen molar-refractivity contribution in [2.24, 2.45) is 4.99 Å². The molecule has 2 atom stereocenters. The van der Waals surface area contributed by atoms with Crippen molar-refractivity contribution < 1.29 is 24.5 Å². The monoisotopic (exact) mass is 587 g/mol. The predicted molar refractivity (Wildman–Crippen MR) is 136 cm³/mol. The zero-order valence-corrected chi connectivity index (χ0v) is 21.3. The molecule has 0 radical (unpaired) electrons. The van der Waals surface area contributed by atoms with E-state index in [1.165, 1.54) is 0 Å². The van der Waals surface area contributed by atoms with Crippen LogP contribution >= 0.6 is 31.9 Å². The minimum absolute atomic E-state index is 0.0643. The van der Waals surface area contributed by atoms with Crippen LogP contribution in [0.4, 0.5) is 0 Å². The first-order valence-corrected chi connectivity index (χ1v) is 12.3.